The summed E-state index contributed by atoms with van der Waals surface area (Å²) in [4.78, 5) is 0. The molecule has 1 heterocycles. The molecule has 0 aliphatic carbocycles. The van der Waals surface area contributed by atoms with Crippen LogP contribution in [0.5, 0.6) is 0 Å². The van der Waals surface area contributed by atoms with Gasteiger partial charge < -0.3 is 4.74 Å². The van der Waals surface area contributed by atoms with Crippen LogP contribution >= 0.6 is 0 Å². The number of benzene rings is 1. The summed E-state index contributed by atoms with van der Waals surface area (Å²) in [7, 11) is -0.179. The van der Waals surface area contributed by atoms with Gasteiger partial charge in [0, 0.05) is 12.3 Å². The number of ether oxygens (including phenoxy) is 1. The van der Waals surface area contributed by atoms with Crippen molar-refractivity contribution in [2.45, 2.75) is 25.0 Å². The van der Waals surface area contributed by atoms with Crippen molar-refractivity contribution in [2.24, 2.45) is 0 Å². The van der Waals surface area contributed by atoms with E-state index in [2.05, 4.69) is 30.3 Å². The molecule has 0 aromatic heterocycles. The molecule has 1 aromatic rings. The Morgan fingerprint density at radius 1 is 1.15 bits per heavy atom. The zero-order valence-corrected chi connectivity index (χ0v) is 9.32. The molecule has 1 fully saturated rings. The molecule has 0 N–H and O–H groups in total. The summed E-state index contributed by atoms with van der Waals surface area (Å²) in [6.07, 6.45) is 3.92. The quantitative estimate of drug-likeness (QED) is 0.635. The Morgan fingerprint density at radius 3 is 2.69 bits per heavy atom. The van der Waals surface area contributed by atoms with Crippen molar-refractivity contribution in [3.8, 4) is 0 Å². The van der Waals surface area contributed by atoms with Crippen LogP contribution in [0.1, 0.15) is 19.3 Å². The van der Waals surface area contributed by atoms with Gasteiger partial charge in [0.2, 0.25) is 0 Å². The Hall–Kier alpha value is -0.603. The number of hydrogen-bond donors (Lipinski definition) is 0. The van der Waals surface area contributed by atoms with Gasteiger partial charge in [0.25, 0.3) is 0 Å². The zero-order chi connectivity index (χ0) is 8.93. The molecule has 0 saturated carbocycles. The summed E-state index contributed by atoms with van der Waals surface area (Å²) in [5.41, 5.74) is 0.608. The van der Waals surface area contributed by atoms with Gasteiger partial charge in [0.1, 0.15) is 0 Å². The van der Waals surface area contributed by atoms with Gasteiger partial charge in [-0.15, -0.1) is 0 Å². The fourth-order valence-electron chi connectivity index (χ4n) is 1.85. The van der Waals surface area contributed by atoms with Crippen LogP contribution in [0.4, 0.5) is 0 Å². The third-order valence-corrected chi connectivity index (χ3v) is 4.62. The first-order valence-corrected chi connectivity index (χ1v) is 6.63. The molecular weight excluding hydrogens is 176 g/mol. The third-order valence-electron chi connectivity index (χ3n) is 2.58. The highest BCUT2D eigenvalue weighted by Crippen LogP contribution is 2.11. The second kappa shape index (κ2) is 4.58. The second-order valence-corrected chi connectivity index (χ2v) is 5.81. The average Bonchev–Trinajstić information content (AvgIpc) is 2.21. The zero-order valence-electron chi connectivity index (χ0n) is 7.91. The van der Waals surface area contributed by atoms with Crippen molar-refractivity contribution in [1.82, 2.24) is 0 Å². The third kappa shape index (κ3) is 2.67. The molecule has 1 saturated heterocycles. The smallest absolute Gasteiger partial charge is 0.0887 e. The maximum Gasteiger partial charge on any atom is 0.0887 e. The highest BCUT2D eigenvalue weighted by molar-refractivity contribution is 6.54. The minimum atomic E-state index is -0.179. The average molecular weight is 192 g/mol. The second-order valence-electron chi connectivity index (χ2n) is 3.68. The fourth-order valence-corrected chi connectivity index (χ4v) is 3.69. The summed E-state index contributed by atoms with van der Waals surface area (Å²) in [5, 5.41) is 1.54. The molecule has 1 nitrogen and oxygen atoms in total. The van der Waals surface area contributed by atoms with Crippen molar-refractivity contribution < 1.29 is 4.74 Å². The lowest BCUT2D eigenvalue weighted by molar-refractivity contribution is 0.0660. The van der Waals surface area contributed by atoms with Gasteiger partial charge in [0.15, 0.2) is 0 Å². The molecule has 1 aliphatic rings. The van der Waals surface area contributed by atoms with Crippen LogP contribution in [0, 0.1) is 0 Å². The van der Waals surface area contributed by atoms with Gasteiger partial charge in [-0.1, -0.05) is 35.5 Å². The van der Waals surface area contributed by atoms with Crippen LogP contribution in [0.25, 0.3) is 0 Å². The van der Waals surface area contributed by atoms with E-state index in [9.17, 15) is 0 Å². The molecule has 1 aliphatic heterocycles. The summed E-state index contributed by atoms with van der Waals surface area (Å²) in [6, 6.07) is 10.8. The first-order chi connectivity index (χ1) is 6.45. The molecule has 0 amide bonds. The van der Waals surface area contributed by atoms with Crippen LogP contribution in [-0.2, 0) is 4.74 Å². The van der Waals surface area contributed by atoms with E-state index >= 15 is 0 Å². The lowest BCUT2D eigenvalue weighted by Crippen LogP contribution is -2.32. The first-order valence-electron chi connectivity index (χ1n) is 5.11. The van der Waals surface area contributed by atoms with Crippen LogP contribution < -0.4 is 5.19 Å². The van der Waals surface area contributed by atoms with E-state index in [1.54, 1.807) is 0 Å². The maximum absolute atomic E-state index is 5.74. The molecule has 0 radical (unpaired) electrons. The molecule has 1 aromatic carbocycles. The topological polar surface area (TPSA) is 9.23 Å². The van der Waals surface area contributed by atoms with Crippen molar-refractivity contribution in [1.29, 1.82) is 0 Å². The first kappa shape index (κ1) is 8.97. The van der Waals surface area contributed by atoms with Crippen LogP contribution in [-0.4, -0.2) is 21.9 Å². The Morgan fingerprint density at radius 2 is 2.00 bits per heavy atom. The summed E-state index contributed by atoms with van der Waals surface area (Å²) in [5.74, 6) is 0. The van der Waals surface area contributed by atoms with Gasteiger partial charge in [-0.2, -0.15) is 0 Å². The summed E-state index contributed by atoms with van der Waals surface area (Å²) < 4.78 is 5.74. The van der Waals surface area contributed by atoms with E-state index in [0.717, 1.165) is 6.61 Å². The van der Waals surface area contributed by atoms with Gasteiger partial charge >= 0.3 is 0 Å². The van der Waals surface area contributed by atoms with E-state index in [1.807, 2.05) is 0 Å². The van der Waals surface area contributed by atoms with Crippen molar-refractivity contribution in [3.63, 3.8) is 0 Å². The minimum Gasteiger partial charge on any atom is -0.382 e. The van der Waals surface area contributed by atoms with Crippen molar-refractivity contribution >= 4 is 14.7 Å². The highest BCUT2D eigenvalue weighted by Gasteiger charge is 2.14. The predicted molar refractivity (Wildman–Crippen MR) is 58.2 cm³/mol. The molecular formula is C11H16OSi. The monoisotopic (exact) mass is 192 g/mol. The Kier molecular flexibility index (Phi) is 3.16. The molecule has 2 rings (SSSR count). The van der Waals surface area contributed by atoms with Gasteiger partial charge in [0.05, 0.1) is 9.52 Å². The SMILES string of the molecule is c1ccc([SiH2]C2CCCCO2)cc1. The molecule has 0 bridgehead atoms. The predicted octanol–water partition coefficient (Wildman–Crippen LogP) is 1.01. The van der Waals surface area contributed by atoms with Crippen molar-refractivity contribution in [3.05, 3.63) is 30.3 Å². The van der Waals surface area contributed by atoms with Crippen LogP contribution in [0.2, 0.25) is 0 Å². The summed E-state index contributed by atoms with van der Waals surface area (Å²) >= 11 is 0. The van der Waals surface area contributed by atoms with E-state index in [4.69, 9.17) is 4.74 Å². The highest BCUT2D eigenvalue weighted by atomic mass is 28.2. The lowest BCUT2D eigenvalue weighted by Gasteiger charge is -2.22. The van der Waals surface area contributed by atoms with E-state index < -0.39 is 0 Å². The minimum absolute atomic E-state index is 0.179. The summed E-state index contributed by atoms with van der Waals surface area (Å²) in [6.45, 7) is 0.991. The van der Waals surface area contributed by atoms with Gasteiger partial charge in [-0.05, 0) is 19.3 Å². The lowest BCUT2D eigenvalue weighted by atomic mass is 10.2. The van der Waals surface area contributed by atoms with E-state index in [1.165, 1.54) is 24.4 Å². The number of rotatable bonds is 2. The Balaban J connectivity index is 1.90. The molecule has 2 heteroatoms. The van der Waals surface area contributed by atoms with Crippen molar-refractivity contribution in [2.75, 3.05) is 6.61 Å². The maximum atomic E-state index is 5.74. The molecule has 1 unspecified atom stereocenters. The molecule has 0 spiro atoms. The van der Waals surface area contributed by atoms with Gasteiger partial charge in [-0.25, -0.2) is 0 Å². The molecule has 70 valence electrons. The Bertz CT molecular complexity index is 242. The Labute approximate surface area is 81.9 Å². The van der Waals surface area contributed by atoms with Crippen LogP contribution in [0.15, 0.2) is 30.3 Å². The molecule has 13 heavy (non-hydrogen) atoms. The largest absolute Gasteiger partial charge is 0.382 e. The normalized spacial score (nSPS) is 23.8. The number of hydrogen-bond acceptors (Lipinski definition) is 1. The molecule has 1 atom stereocenters. The van der Waals surface area contributed by atoms with E-state index in [-0.39, 0.29) is 9.52 Å². The standard InChI is InChI=1S/C11H16OSi/c1-2-6-10(7-3-1)13-11-8-4-5-9-12-11/h1-3,6-7,11H,4-5,8-9,13H2. The van der Waals surface area contributed by atoms with E-state index in [0.29, 0.717) is 5.73 Å². The van der Waals surface area contributed by atoms with Crippen LogP contribution in [0.3, 0.4) is 0 Å². The van der Waals surface area contributed by atoms with Gasteiger partial charge in [-0.3, -0.25) is 0 Å². The fraction of sp³-hybridized carbons (Fsp3) is 0.455.